The molecule has 1 fully saturated rings. The number of benzene rings is 1. The summed E-state index contributed by atoms with van der Waals surface area (Å²) >= 11 is 1.86. The van der Waals surface area contributed by atoms with Crippen molar-refractivity contribution in [3.8, 4) is 0 Å². The van der Waals surface area contributed by atoms with Gasteiger partial charge in [0.1, 0.15) is 0 Å². The van der Waals surface area contributed by atoms with Crippen molar-refractivity contribution >= 4 is 29.3 Å². The summed E-state index contributed by atoms with van der Waals surface area (Å²) in [5.74, 6) is 1.71. The summed E-state index contributed by atoms with van der Waals surface area (Å²) in [5.41, 5.74) is 6.71. The van der Waals surface area contributed by atoms with Crippen LogP contribution < -0.4 is 11.1 Å². The van der Waals surface area contributed by atoms with Crippen molar-refractivity contribution in [2.75, 3.05) is 29.9 Å². The van der Waals surface area contributed by atoms with E-state index in [0.717, 1.165) is 24.6 Å². The first-order chi connectivity index (χ1) is 9.58. The van der Waals surface area contributed by atoms with E-state index in [1.807, 2.05) is 16.7 Å². The summed E-state index contributed by atoms with van der Waals surface area (Å²) in [4.78, 5) is 25.8. The lowest BCUT2D eigenvalue weighted by Gasteiger charge is -2.26. The molecule has 2 rings (SSSR count). The maximum atomic E-state index is 12.4. The largest absolute Gasteiger partial charge is 0.337 e. The summed E-state index contributed by atoms with van der Waals surface area (Å²) in [5, 5.41) is 2.70. The lowest BCUT2D eigenvalue weighted by atomic mass is 10.1. The topological polar surface area (TPSA) is 75.4 Å². The molecule has 0 radical (unpaired) electrons. The fourth-order valence-corrected chi connectivity index (χ4v) is 2.84. The molecule has 0 aromatic heterocycles. The van der Waals surface area contributed by atoms with Crippen molar-refractivity contribution in [1.82, 2.24) is 4.90 Å². The molecule has 1 aromatic rings. The van der Waals surface area contributed by atoms with E-state index in [-0.39, 0.29) is 11.8 Å². The summed E-state index contributed by atoms with van der Waals surface area (Å²) in [6.07, 6.45) is 0. The number of hydrogen-bond donors (Lipinski definition) is 2. The molecule has 1 aromatic carbocycles. The molecule has 0 spiro atoms. The van der Waals surface area contributed by atoms with E-state index >= 15 is 0 Å². The molecule has 20 heavy (non-hydrogen) atoms. The Balaban J connectivity index is 2.08. The van der Waals surface area contributed by atoms with Crippen LogP contribution in [0.1, 0.15) is 17.3 Å². The summed E-state index contributed by atoms with van der Waals surface area (Å²) in [7, 11) is 0. The second kappa shape index (κ2) is 6.76. The zero-order valence-corrected chi connectivity index (χ0v) is 12.3. The number of thioether (sulfide) groups is 1. The van der Waals surface area contributed by atoms with Gasteiger partial charge < -0.3 is 16.0 Å². The van der Waals surface area contributed by atoms with Crippen LogP contribution in [0.15, 0.2) is 24.3 Å². The fourth-order valence-electron chi connectivity index (χ4n) is 1.94. The molecule has 1 aliphatic heterocycles. The number of carbonyl (C=O) groups excluding carboxylic acids is 2. The molecule has 1 saturated heterocycles. The lowest BCUT2D eigenvalue weighted by molar-refractivity contribution is -0.117. The van der Waals surface area contributed by atoms with Crippen molar-refractivity contribution in [1.29, 1.82) is 0 Å². The molecule has 0 aliphatic carbocycles. The van der Waals surface area contributed by atoms with E-state index in [1.54, 1.807) is 31.2 Å². The SMILES string of the molecule is C[C@H](N)C(=O)Nc1cccc(C(=O)N2CCSCC2)c1. The number of anilines is 1. The lowest BCUT2D eigenvalue weighted by Crippen LogP contribution is -2.38. The number of nitrogens with one attached hydrogen (secondary N) is 1. The van der Waals surface area contributed by atoms with Gasteiger partial charge in [-0.05, 0) is 25.1 Å². The van der Waals surface area contributed by atoms with Crippen LogP contribution in [0.2, 0.25) is 0 Å². The van der Waals surface area contributed by atoms with Gasteiger partial charge in [0.2, 0.25) is 5.91 Å². The van der Waals surface area contributed by atoms with Crippen molar-refractivity contribution in [3.05, 3.63) is 29.8 Å². The fraction of sp³-hybridized carbons (Fsp3) is 0.429. The zero-order valence-electron chi connectivity index (χ0n) is 11.5. The Morgan fingerprint density at radius 3 is 2.70 bits per heavy atom. The minimum atomic E-state index is -0.575. The molecule has 1 heterocycles. The number of hydrogen-bond acceptors (Lipinski definition) is 4. The smallest absolute Gasteiger partial charge is 0.253 e. The van der Waals surface area contributed by atoms with Gasteiger partial charge in [0.15, 0.2) is 0 Å². The second-order valence-corrected chi connectivity index (χ2v) is 5.99. The monoisotopic (exact) mass is 293 g/mol. The van der Waals surface area contributed by atoms with E-state index in [4.69, 9.17) is 5.73 Å². The molecule has 0 bridgehead atoms. The standard InChI is InChI=1S/C14H19N3O2S/c1-10(15)13(18)16-12-4-2-3-11(9-12)14(19)17-5-7-20-8-6-17/h2-4,9-10H,5-8,15H2,1H3,(H,16,18)/t10-/m0/s1. The van der Waals surface area contributed by atoms with Crippen LogP contribution in [-0.2, 0) is 4.79 Å². The third-order valence-electron chi connectivity index (χ3n) is 3.09. The predicted octanol–water partition coefficient (Wildman–Crippen LogP) is 1.16. The maximum Gasteiger partial charge on any atom is 0.253 e. The van der Waals surface area contributed by atoms with Crippen LogP contribution in [0.5, 0.6) is 0 Å². The molecular formula is C14H19N3O2S. The van der Waals surface area contributed by atoms with Gasteiger partial charge in [0.05, 0.1) is 6.04 Å². The van der Waals surface area contributed by atoms with Crippen molar-refractivity contribution < 1.29 is 9.59 Å². The highest BCUT2D eigenvalue weighted by Crippen LogP contribution is 2.16. The number of nitrogens with zero attached hydrogens (tertiary/aromatic N) is 1. The van der Waals surface area contributed by atoms with E-state index < -0.39 is 6.04 Å². The summed E-state index contributed by atoms with van der Waals surface area (Å²) in [6.45, 7) is 3.18. The molecule has 0 unspecified atom stereocenters. The minimum absolute atomic E-state index is 0.0159. The van der Waals surface area contributed by atoms with Gasteiger partial charge in [-0.1, -0.05) is 6.07 Å². The number of amides is 2. The molecule has 108 valence electrons. The van der Waals surface area contributed by atoms with Gasteiger partial charge in [0, 0.05) is 35.8 Å². The molecular weight excluding hydrogens is 274 g/mol. The Morgan fingerprint density at radius 1 is 1.35 bits per heavy atom. The number of carbonyl (C=O) groups is 2. The van der Waals surface area contributed by atoms with Gasteiger partial charge >= 0.3 is 0 Å². The Hall–Kier alpha value is -1.53. The van der Waals surface area contributed by atoms with Crippen LogP contribution >= 0.6 is 11.8 Å². The number of nitrogens with two attached hydrogens (primary N) is 1. The van der Waals surface area contributed by atoms with Crippen LogP contribution in [0.4, 0.5) is 5.69 Å². The first kappa shape index (κ1) is 14.9. The summed E-state index contributed by atoms with van der Waals surface area (Å²) in [6, 6.07) is 6.41. The van der Waals surface area contributed by atoms with Gasteiger partial charge in [-0.2, -0.15) is 11.8 Å². The third-order valence-corrected chi connectivity index (χ3v) is 4.03. The first-order valence-corrected chi connectivity index (χ1v) is 7.77. The van der Waals surface area contributed by atoms with Gasteiger partial charge in [-0.25, -0.2) is 0 Å². The average molecular weight is 293 g/mol. The predicted molar refractivity (Wildman–Crippen MR) is 81.9 cm³/mol. The van der Waals surface area contributed by atoms with Crippen molar-refractivity contribution in [3.63, 3.8) is 0 Å². The highest BCUT2D eigenvalue weighted by atomic mass is 32.2. The van der Waals surface area contributed by atoms with Crippen molar-refractivity contribution in [2.45, 2.75) is 13.0 Å². The molecule has 0 saturated carbocycles. The summed E-state index contributed by atoms with van der Waals surface area (Å²) < 4.78 is 0. The van der Waals surface area contributed by atoms with Crippen LogP contribution in [0.25, 0.3) is 0 Å². The van der Waals surface area contributed by atoms with E-state index in [0.29, 0.717) is 11.3 Å². The zero-order chi connectivity index (χ0) is 14.5. The Kier molecular flexibility index (Phi) is 5.03. The first-order valence-electron chi connectivity index (χ1n) is 6.61. The minimum Gasteiger partial charge on any atom is -0.337 e. The van der Waals surface area contributed by atoms with E-state index in [2.05, 4.69) is 5.32 Å². The van der Waals surface area contributed by atoms with Gasteiger partial charge in [0.25, 0.3) is 5.91 Å². The molecule has 6 heteroatoms. The Morgan fingerprint density at radius 2 is 2.05 bits per heavy atom. The van der Waals surface area contributed by atoms with Gasteiger partial charge in [-0.3, -0.25) is 9.59 Å². The van der Waals surface area contributed by atoms with Crippen LogP contribution in [0.3, 0.4) is 0 Å². The second-order valence-electron chi connectivity index (χ2n) is 4.76. The number of rotatable bonds is 3. The van der Waals surface area contributed by atoms with E-state index in [1.165, 1.54) is 0 Å². The average Bonchev–Trinajstić information content (AvgIpc) is 2.47. The molecule has 1 aliphatic rings. The highest BCUT2D eigenvalue weighted by molar-refractivity contribution is 7.99. The normalized spacial score (nSPS) is 16.6. The van der Waals surface area contributed by atoms with Crippen LogP contribution in [0, 0.1) is 0 Å². The van der Waals surface area contributed by atoms with Crippen LogP contribution in [-0.4, -0.2) is 47.4 Å². The van der Waals surface area contributed by atoms with E-state index in [9.17, 15) is 9.59 Å². The molecule has 1 atom stereocenters. The molecule has 5 nitrogen and oxygen atoms in total. The maximum absolute atomic E-state index is 12.4. The Bertz CT molecular complexity index is 499. The molecule has 2 amide bonds. The Labute approximate surface area is 122 Å². The molecule has 3 N–H and O–H groups in total. The highest BCUT2D eigenvalue weighted by Gasteiger charge is 2.18. The van der Waals surface area contributed by atoms with Crippen molar-refractivity contribution in [2.24, 2.45) is 5.73 Å². The quantitative estimate of drug-likeness (QED) is 0.877. The third kappa shape index (κ3) is 3.74. The van der Waals surface area contributed by atoms with Gasteiger partial charge in [-0.15, -0.1) is 0 Å².